The molecular weight excluding hydrogens is 238 g/mol. The molecule has 2 rings (SSSR count). The van der Waals surface area contributed by atoms with Crippen LogP contribution in [-0.4, -0.2) is 28.6 Å². The predicted molar refractivity (Wildman–Crippen MR) is 53.6 cm³/mol. The fraction of sp³-hybridized carbons (Fsp3) is 0.167. The van der Waals surface area contributed by atoms with Gasteiger partial charge >= 0.3 is 0 Å². The van der Waals surface area contributed by atoms with Crippen molar-refractivity contribution in [3.05, 3.63) is 11.2 Å². The Morgan fingerprint density at radius 1 is 1.53 bits per heavy atom. The van der Waals surface area contributed by atoms with Crippen LogP contribution in [0.2, 0.25) is 0 Å². The Labute approximate surface area is 89.4 Å². The van der Waals surface area contributed by atoms with Gasteiger partial charge < -0.3 is 0 Å². The lowest BCUT2D eigenvalue weighted by Gasteiger charge is -1.88. The van der Waals surface area contributed by atoms with Gasteiger partial charge in [0.1, 0.15) is 0 Å². The second kappa shape index (κ2) is 3.36. The monoisotopic (exact) mass is 245 g/mol. The highest BCUT2D eigenvalue weighted by Crippen LogP contribution is 2.23. The van der Waals surface area contributed by atoms with Crippen molar-refractivity contribution in [2.75, 3.05) is 0 Å². The van der Waals surface area contributed by atoms with Gasteiger partial charge in [0, 0.05) is 0 Å². The van der Waals surface area contributed by atoms with Crippen LogP contribution >= 0.6 is 11.3 Å². The first-order valence-electron chi connectivity index (χ1n) is 3.84. The van der Waals surface area contributed by atoms with Crippen molar-refractivity contribution in [3.8, 4) is 10.7 Å². The van der Waals surface area contributed by atoms with E-state index in [9.17, 15) is 8.42 Å². The molecule has 0 aromatic carbocycles. The van der Waals surface area contributed by atoms with Crippen LogP contribution in [0.3, 0.4) is 0 Å². The van der Waals surface area contributed by atoms with Gasteiger partial charge in [-0.2, -0.15) is 10.1 Å². The predicted octanol–water partition coefficient (Wildman–Crippen LogP) is -0.116. The molecule has 80 valence electrons. The van der Waals surface area contributed by atoms with Crippen molar-refractivity contribution < 1.29 is 8.42 Å². The zero-order valence-electron chi connectivity index (χ0n) is 7.63. The highest BCUT2D eigenvalue weighted by Gasteiger charge is 2.16. The summed E-state index contributed by atoms with van der Waals surface area (Å²) in [5, 5.41) is 10.6. The highest BCUT2D eigenvalue weighted by atomic mass is 32.2. The van der Waals surface area contributed by atoms with Gasteiger partial charge in [-0.1, -0.05) is 0 Å². The van der Waals surface area contributed by atoms with Crippen LogP contribution < -0.4 is 5.14 Å². The number of hydrogen-bond donors (Lipinski definition) is 2. The number of thiazole rings is 1. The maximum Gasteiger partial charge on any atom is 0.273 e. The number of aromatic amines is 1. The first-order valence-corrected chi connectivity index (χ1v) is 6.27. The molecule has 0 spiro atoms. The van der Waals surface area contributed by atoms with Gasteiger partial charge in [-0.05, 0) is 6.92 Å². The second-order valence-electron chi connectivity index (χ2n) is 2.78. The van der Waals surface area contributed by atoms with E-state index in [0.29, 0.717) is 5.82 Å². The van der Waals surface area contributed by atoms with E-state index in [-0.39, 0.29) is 5.16 Å². The molecule has 9 heteroatoms. The van der Waals surface area contributed by atoms with E-state index < -0.39 is 10.0 Å². The lowest BCUT2D eigenvalue weighted by molar-refractivity contribution is 0.589. The number of nitrogens with one attached hydrogen (secondary N) is 1. The Balaban J connectivity index is 2.50. The van der Waals surface area contributed by atoms with Crippen molar-refractivity contribution >= 4 is 21.4 Å². The van der Waals surface area contributed by atoms with Gasteiger partial charge in [-0.15, -0.1) is 11.3 Å². The summed E-state index contributed by atoms with van der Waals surface area (Å²) < 4.78 is 21.9. The van der Waals surface area contributed by atoms with E-state index in [0.717, 1.165) is 10.6 Å². The lowest BCUT2D eigenvalue weighted by atomic mass is 10.4. The number of hydrogen-bond acceptors (Lipinski definition) is 6. The number of aryl methyl sites for hydroxylation is 1. The summed E-state index contributed by atoms with van der Waals surface area (Å²) in [5.41, 5.74) is 2.39. The Hall–Kier alpha value is -1.32. The number of primary sulfonamides is 1. The topological polar surface area (TPSA) is 115 Å². The summed E-state index contributed by atoms with van der Waals surface area (Å²) >= 11 is 1.33. The van der Waals surface area contributed by atoms with E-state index in [1.165, 1.54) is 11.3 Å². The largest absolute Gasteiger partial charge is 0.273 e. The summed E-state index contributed by atoms with van der Waals surface area (Å²) in [6.45, 7) is 1.79. The van der Waals surface area contributed by atoms with E-state index >= 15 is 0 Å². The Bertz CT molecular complexity index is 584. The first-order chi connectivity index (χ1) is 6.98. The molecular formula is C6H7N5O2S2. The summed E-state index contributed by atoms with van der Waals surface area (Å²) in [7, 11) is -3.83. The summed E-state index contributed by atoms with van der Waals surface area (Å²) in [6.07, 6.45) is 0. The molecule has 0 aliphatic carbocycles. The third kappa shape index (κ3) is 1.89. The molecule has 0 aliphatic rings. The number of nitrogens with zero attached hydrogens (tertiary/aromatic N) is 3. The smallest absolute Gasteiger partial charge is 0.249 e. The standard InChI is InChI=1S/C6H7N5O2S2/c1-3-4(14-2-8-3)5-9-6(11-10-5)15(7,12)13/h2H,1H3,(H2,7,12,13)(H,9,10,11). The van der Waals surface area contributed by atoms with Crippen LogP contribution in [0.15, 0.2) is 10.7 Å². The van der Waals surface area contributed by atoms with Crippen LogP contribution in [0.4, 0.5) is 0 Å². The third-order valence-electron chi connectivity index (χ3n) is 1.68. The van der Waals surface area contributed by atoms with E-state index in [1.54, 1.807) is 12.4 Å². The summed E-state index contributed by atoms with van der Waals surface area (Å²) in [4.78, 5) is 8.51. The van der Waals surface area contributed by atoms with Crippen LogP contribution in [0.25, 0.3) is 10.7 Å². The second-order valence-corrected chi connectivity index (χ2v) is 5.11. The number of nitrogens with two attached hydrogens (primary N) is 1. The van der Waals surface area contributed by atoms with Gasteiger partial charge in [-0.25, -0.2) is 23.6 Å². The average Bonchev–Trinajstić information content (AvgIpc) is 2.69. The molecule has 2 aromatic rings. The SMILES string of the molecule is Cc1ncsc1-c1n[nH]c(S(N)(=O)=O)n1. The minimum absolute atomic E-state index is 0.291. The van der Waals surface area contributed by atoms with Gasteiger partial charge in [0.25, 0.3) is 15.2 Å². The maximum atomic E-state index is 10.9. The van der Waals surface area contributed by atoms with Crippen molar-refractivity contribution in [2.24, 2.45) is 5.14 Å². The molecule has 0 amide bonds. The molecule has 0 fully saturated rings. The van der Waals surface area contributed by atoms with Crippen LogP contribution in [0.5, 0.6) is 0 Å². The fourth-order valence-corrected chi connectivity index (χ4v) is 2.12. The molecule has 0 saturated heterocycles. The third-order valence-corrected chi connectivity index (χ3v) is 3.33. The van der Waals surface area contributed by atoms with Crippen LogP contribution in [0, 0.1) is 6.92 Å². The number of aromatic nitrogens is 4. The molecule has 7 nitrogen and oxygen atoms in total. The normalized spacial score (nSPS) is 11.9. The van der Waals surface area contributed by atoms with Gasteiger partial charge in [0.2, 0.25) is 0 Å². The highest BCUT2D eigenvalue weighted by molar-refractivity contribution is 7.89. The van der Waals surface area contributed by atoms with Gasteiger partial charge in [-0.3, -0.25) is 0 Å². The zero-order valence-corrected chi connectivity index (χ0v) is 9.26. The molecule has 0 atom stereocenters. The molecule has 0 aliphatic heterocycles. The molecule has 15 heavy (non-hydrogen) atoms. The molecule has 2 aromatic heterocycles. The number of sulfonamides is 1. The number of rotatable bonds is 2. The Morgan fingerprint density at radius 2 is 2.27 bits per heavy atom. The molecule has 0 bridgehead atoms. The van der Waals surface area contributed by atoms with Crippen LogP contribution in [-0.2, 0) is 10.0 Å². The maximum absolute atomic E-state index is 10.9. The molecule has 2 heterocycles. The molecule has 0 radical (unpaired) electrons. The summed E-state index contributed by atoms with van der Waals surface area (Å²) in [5.74, 6) is 0.291. The van der Waals surface area contributed by atoms with E-state index in [2.05, 4.69) is 20.2 Å². The number of H-pyrrole nitrogens is 1. The lowest BCUT2D eigenvalue weighted by Crippen LogP contribution is -2.13. The minimum atomic E-state index is -3.83. The fourth-order valence-electron chi connectivity index (χ4n) is 0.992. The van der Waals surface area contributed by atoms with Crippen LogP contribution in [0.1, 0.15) is 5.69 Å². The average molecular weight is 245 g/mol. The van der Waals surface area contributed by atoms with E-state index in [4.69, 9.17) is 5.14 Å². The first kappa shape index (κ1) is 10.2. The summed E-state index contributed by atoms with van der Waals surface area (Å²) in [6, 6.07) is 0. The van der Waals surface area contributed by atoms with Crippen molar-refractivity contribution in [1.82, 2.24) is 20.2 Å². The minimum Gasteiger partial charge on any atom is -0.249 e. The van der Waals surface area contributed by atoms with Crippen molar-refractivity contribution in [1.29, 1.82) is 0 Å². The zero-order chi connectivity index (χ0) is 11.1. The van der Waals surface area contributed by atoms with Gasteiger partial charge in [0.15, 0.2) is 5.82 Å². The molecule has 3 N–H and O–H groups in total. The van der Waals surface area contributed by atoms with Crippen molar-refractivity contribution in [3.63, 3.8) is 0 Å². The Kier molecular flexibility index (Phi) is 2.29. The van der Waals surface area contributed by atoms with E-state index in [1.807, 2.05) is 0 Å². The van der Waals surface area contributed by atoms with Crippen molar-refractivity contribution in [2.45, 2.75) is 12.1 Å². The Morgan fingerprint density at radius 3 is 2.73 bits per heavy atom. The molecule has 0 saturated carbocycles. The van der Waals surface area contributed by atoms with Gasteiger partial charge in [0.05, 0.1) is 16.1 Å². The quantitative estimate of drug-likeness (QED) is 0.765. The molecule has 0 unspecified atom stereocenters.